The first-order valence-corrected chi connectivity index (χ1v) is 17.9. The molecule has 53 heavy (non-hydrogen) atoms. The van der Waals surface area contributed by atoms with Crippen molar-refractivity contribution in [2.24, 2.45) is 12.8 Å². The number of thiazole rings is 1. The summed E-state index contributed by atoms with van der Waals surface area (Å²) in [5.74, 6) is -1.94. The predicted molar refractivity (Wildman–Crippen MR) is 177 cm³/mol. The lowest BCUT2D eigenvalue weighted by Gasteiger charge is -2.16. The molecule has 0 saturated carbocycles. The fraction of sp³-hybridized carbons (Fsp3) is 0.387. The molecule has 2 amide bonds. The molecule has 22 heteroatoms. The summed E-state index contributed by atoms with van der Waals surface area (Å²) in [4.78, 5) is 28.3. The number of aryl methyl sites for hydroxylation is 2. The monoisotopic (exact) mass is 794 g/mol. The molecule has 3 heterocycles. The van der Waals surface area contributed by atoms with Crippen molar-refractivity contribution in [3.63, 3.8) is 0 Å². The maximum atomic E-state index is 12.0. The second-order valence-electron chi connectivity index (χ2n) is 11.1. The van der Waals surface area contributed by atoms with Crippen LogP contribution in [0.3, 0.4) is 0 Å². The topological polar surface area (TPSA) is 172 Å². The molecular weight excluding hydrogens is 761 g/mol. The molecule has 3 N–H and O–H groups in total. The molecule has 0 atom stereocenters. The number of benzene rings is 2. The molecule has 0 spiro atoms. The van der Waals surface area contributed by atoms with E-state index in [-0.39, 0.29) is 6.03 Å². The van der Waals surface area contributed by atoms with Gasteiger partial charge in [0.15, 0.2) is 17.6 Å². The van der Waals surface area contributed by atoms with Crippen LogP contribution in [-0.2, 0) is 32.6 Å². The number of nitrogens with zero attached hydrogens (tertiary/aromatic N) is 5. The summed E-state index contributed by atoms with van der Waals surface area (Å²) >= 11 is 1.57. The number of hydrogen-bond acceptors (Lipinski definition) is 11. The highest BCUT2D eigenvalue weighted by molar-refractivity contribution is 7.88. The number of nitrogens with two attached hydrogens (primary N) is 1. The van der Waals surface area contributed by atoms with Crippen molar-refractivity contribution < 1.29 is 62.7 Å². The summed E-state index contributed by atoms with van der Waals surface area (Å²) in [6.07, 6.45) is -0.832. The third-order valence-corrected chi connectivity index (χ3v) is 9.23. The summed E-state index contributed by atoms with van der Waals surface area (Å²) in [6.45, 7) is 2.92. The van der Waals surface area contributed by atoms with Crippen LogP contribution in [0.1, 0.15) is 18.5 Å². The highest BCUT2D eigenvalue weighted by Crippen LogP contribution is 2.36. The molecule has 1 aliphatic heterocycles. The molecule has 4 aromatic rings. The van der Waals surface area contributed by atoms with E-state index in [1.165, 1.54) is 0 Å². The number of aromatic nitrogens is 4. The predicted octanol–water partition coefficient (Wildman–Crippen LogP) is 4.12. The van der Waals surface area contributed by atoms with Crippen LogP contribution in [-0.4, -0.2) is 91.8 Å². The minimum atomic E-state index is -6.55. The Morgan fingerprint density at radius 1 is 1.09 bits per heavy atom. The molecule has 1 aliphatic rings. The number of methoxy groups -OCH3 is 1. The fourth-order valence-corrected chi connectivity index (χ4v) is 5.93. The highest BCUT2D eigenvalue weighted by Gasteiger charge is 2.54. The zero-order valence-corrected chi connectivity index (χ0v) is 29.7. The normalized spacial score (nSPS) is 13.3. The van der Waals surface area contributed by atoms with Crippen LogP contribution < -0.4 is 25.2 Å². The molecule has 5 rings (SSSR count). The van der Waals surface area contributed by atoms with Crippen LogP contribution in [0.5, 0.6) is 11.5 Å². The molecule has 2 aromatic carbocycles. The van der Waals surface area contributed by atoms with Crippen molar-refractivity contribution in [2.75, 3.05) is 39.9 Å². The van der Waals surface area contributed by atoms with E-state index in [9.17, 15) is 44.3 Å². The Hall–Kier alpha value is -4.96. The quantitative estimate of drug-likeness (QED) is 0.0660. The number of ether oxygens (including phenoxy) is 2. The minimum absolute atomic E-state index is 0.0529. The summed E-state index contributed by atoms with van der Waals surface area (Å²) in [7, 11) is -2.94. The zero-order chi connectivity index (χ0) is 39.0. The Balaban J connectivity index is 0.000000381. The number of rotatable bonds is 13. The lowest BCUT2D eigenvalue weighted by molar-refractivity contribution is -0.661. The van der Waals surface area contributed by atoms with Crippen LogP contribution in [0, 0.1) is 0 Å². The Morgan fingerprint density at radius 3 is 2.42 bits per heavy atom. The van der Waals surface area contributed by atoms with E-state index in [4.69, 9.17) is 20.2 Å². The third-order valence-electron chi connectivity index (χ3n) is 7.42. The lowest BCUT2D eigenvalue weighted by atomic mass is 10.1. The molecule has 0 radical (unpaired) electrons. The number of hydrogen-bond donors (Lipinski definition) is 2. The van der Waals surface area contributed by atoms with Crippen LogP contribution in [0.4, 0.5) is 31.1 Å². The van der Waals surface area contributed by atoms with Crippen LogP contribution in [0.25, 0.3) is 27.5 Å². The molecule has 0 aliphatic carbocycles. The van der Waals surface area contributed by atoms with Gasteiger partial charge in [0, 0.05) is 36.5 Å². The van der Waals surface area contributed by atoms with Crippen molar-refractivity contribution in [3.05, 3.63) is 59.7 Å². The van der Waals surface area contributed by atoms with E-state index in [1.807, 2.05) is 64.3 Å². The van der Waals surface area contributed by atoms with Crippen molar-refractivity contribution in [3.8, 4) is 39.0 Å². The average Bonchev–Trinajstić information content (AvgIpc) is 3.84. The van der Waals surface area contributed by atoms with Gasteiger partial charge in [0.05, 0.1) is 30.1 Å². The maximum Gasteiger partial charge on any atom is 0.534 e. The molecule has 288 valence electrons. The van der Waals surface area contributed by atoms with Gasteiger partial charge >= 0.3 is 33.8 Å². The van der Waals surface area contributed by atoms with E-state index in [1.54, 1.807) is 23.3 Å². The van der Waals surface area contributed by atoms with E-state index >= 15 is 0 Å². The standard InChI is InChI=1S/C28H33N7O3S.C3F6O4S/c1-33-22(5-3-4-12-29)18-35(32-33)21-8-11-24(26(17-21)38-16-15-34-14-13-30-28(34)36)27-31-25(19-39-27)20-6-9-23(37-2)10-7-20;4-2(5,6)1(10)13-14(11,12)3(7,8)9/h6-11,17-19H,3-5,12-16,29H2,1-2H3;/p+1. The van der Waals surface area contributed by atoms with Crippen molar-refractivity contribution >= 4 is 33.5 Å². The minimum Gasteiger partial charge on any atom is -0.497 e. The number of amides is 2. The number of carbonyl (C=O) groups excluding carboxylic acids is 2. The molecular formula is C31H34F6N7O7S2+. The Kier molecular flexibility index (Phi) is 13.3. The highest BCUT2D eigenvalue weighted by atomic mass is 32.2. The van der Waals surface area contributed by atoms with Crippen molar-refractivity contribution in [2.45, 2.75) is 30.9 Å². The van der Waals surface area contributed by atoms with Crippen molar-refractivity contribution in [1.29, 1.82) is 0 Å². The Labute approximate surface area is 303 Å². The molecule has 2 aromatic heterocycles. The zero-order valence-electron chi connectivity index (χ0n) is 28.1. The molecule has 0 unspecified atom stereocenters. The summed E-state index contributed by atoms with van der Waals surface area (Å²) in [5, 5.41) is 10.4. The van der Waals surface area contributed by atoms with E-state index in [2.05, 4.69) is 20.9 Å². The number of unbranched alkanes of at least 4 members (excludes halogenated alkanes) is 1. The number of nitrogens with one attached hydrogen (secondary N) is 1. The fourth-order valence-electron chi connectivity index (χ4n) is 4.68. The van der Waals surface area contributed by atoms with Gasteiger partial charge < -0.3 is 29.6 Å². The van der Waals surface area contributed by atoms with Gasteiger partial charge in [-0.05, 0) is 55.8 Å². The van der Waals surface area contributed by atoms with Crippen LogP contribution in [0.2, 0.25) is 0 Å². The van der Waals surface area contributed by atoms with Crippen molar-refractivity contribution in [1.82, 2.24) is 25.1 Å². The van der Waals surface area contributed by atoms with Gasteiger partial charge in [0.25, 0.3) is 0 Å². The second-order valence-corrected chi connectivity index (χ2v) is 13.5. The number of alkyl halides is 6. The van der Waals surface area contributed by atoms with Gasteiger partial charge in [0.2, 0.25) is 0 Å². The number of urea groups is 1. The summed E-state index contributed by atoms with van der Waals surface area (Å²) in [6, 6.07) is 13.9. The SMILES string of the molecule is COc1ccc(-c2csc(-c3ccc(-[n+]4cc(CCCCN)n(C)n4)cc3OCCN3CCNC3=O)n2)cc1.O=C(OS(=O)(=O)C(F)(F)F)C(F)(F)F. The largest absolute Gasteiger partial charge is 0.534 e. The van der Waals surface area contributed by atoms with E-state index in [0.717, 1.165) is 58.2 Å². The van der Waals surface area contributed by atoms with Gasteiger partial charge in [-0.1, -0.05) is 0 Å². The van der Waals surface area contributed by atoms with Gasteiger partial charge in [0.1, 0.15) is 30.2 Å². The van der Waals surface area contributed by atoms with Gasteiger partial charge in [-0.3, -0.25) is 0 Å². The van der Waals surface area contributed by atoms with E-state index in [0.29, 0.717) is 38.5 Å². The average molecular weight is 795 g/mol. The Bertz CT molecular complexity index is 1990. The molecule has 0 bridgehead atoms. The Morgan fingerprint density at radius 2 is 1.81 bits per heavy atom. The summed E-state index contributed by atoms with van der Waals surface area (Å²) in [5.41, 5.74) is 4.42. The third kappa shape index (κ3) is 10.8. The van der Waals surface area contributed by atoms with Crippen LogP contribution in [0.15, 0.2) is 54.0 Å². The smallest absolute Gasteiger partial charge is 0.497 e. The molecule has 1 fully saturated rings. The summed E-state index contributed by atoms with van der Waals surface area (Å²) < 4.78 is 105. The van der Waals surface area contributed by atoms with E-state index < -0.39 is 27.8 Å². The first-order valence-electron chi connectivity index (χ1n) is 15.6. The van der Waals surface area contributed by atoms with Gasteiger partial charge in [-0.15, -0.1) is 20.7 Å². The first kappa shape index (κ1) is 40.8. The molecule has 14 nitrogen and oxygen atoms in total. The molecule has 1 saturated heterocycles. The number of carbonyl (C=O) groups is 2. The lowest BCUT2D eigenvalue weighted by Crippen LogP contribution is -2.34. The second kappa shape index (κ2) is 17.2. The van der Waals surface area contributed by atoms with Gasteiger partial charge in [-0.2, -0.15) is 34.8 Å². The maximum absolute atomic E-state index is 12.0. The number of halogens is 6. The van der Waals surface area contributed by atoms with Gasteiger partial charge in [-0.25, -0.2) is 14.6 Å². The first-order chi connectivity index (χ1) is 24.9. The van der Waals surface area contributed by atoms with Crippen LogP contribution >= 0.6 is 11.3 Å².